The zero-order chi connectivity index (χ0) is 6.24. The highest BCUT2D eigenvalue weighted by Crippen LogP contribution is 1.93. The van der Waals surface area contributed by atoms with E-state index in [4.69, 9.17) is 0 Å². The number of rotatable bonds is 0. The maximum atomic E-state index is 4.35. The highest BCUT2D eigenvalue weighted by Gasteiger charge is 1.96. The van der Waals surface area contributed by atoms with Crippen LogP contribution in [0.1, 0.15) is 6.42 Å². The van der Waals surface area contributed by atoms with Gasteiger partial charge in [-0.05, 0) is 0 Å². The second-order valence-corrected chi connectivity index (χ2v) is 1.07. The summed E-state index contributed by atoms with van der Waals surface area (Å²) in [6.45, 7) is 7.31. The first-order valence-corrected chi connectivity index (χ1v) is 2.41. The molecule has 1 rings (SSSR count). The van der Waals surface area contributed by atoms with Crippen LogP contribution in [0.3, 0.4) is 0 Å². The molecule has 3 nitrogen and oxygen atoms in total. The Balaban J connectivity index is 0.000000222. The summed E-state index contributed by atoms with van der Waals surface area (Å²) in [5, 5.41) is 4.07. The fourth-order valence-electron chi connectivity index (χ4n) is 0.279. The largest absolute Gasteiger partial charge is 0.206 e. The first kappa shape index (κ1) is 7.62. The highest BCUT2D eigenvalue weighted by molar-refractivity contribution is 4.28. The summed E-state index contributed by atoms with van der Waals surface area (Å²) in [6.07, 6.45) is 0.931. The Kier molecular flexibility index (Phi) is 6.31. The Labute approximate surface area is 48.7 Å². The van der Waals surface area contributed by atoms with E-state index in [1.54, 1.807) is 0 Å². The van der Waals surface area contributed by atoms with Gasteiger partial charge in [0.2, 0.25) is 0 Å². The summed E-state index contributed by atoms with van der Waals surface area (Å²) in [5.41, 5.74) is 0. The van der Waals surface area contributed by atoms with Crippen molar-refractivity contribution >= 4 is 0 Å². The molecular formula is C5H10O3. The van der Waals surface area contributed by atoms with Gasteiger partial charge in [0.25, 0.3) is 0 Å². The van der Waals surface area contributed by atoms with E-state index in [-0.39, 0.29) is 0 Å². The number of hydrogen-bond donors (Lipinski definition) is 0. The molecule has 1 heterocycles. The molecule has 0 atom stereocenters. The smallest absolute Gasteiger partial charge is 0.0877 e. The molecule has 0 radical (unpaired) electrons. The second kappa shape index (κ2) is 6.62. The Morgan fingerprint density at radius 2 is 1.50 bits per heavy atom. The maximum Gasteiger partial charge on any atom is 0.0877 e. The molecule has 1 aliphatic rings. The minimum absolute atomic E-state index is 0.653. The lowest BCUT2D eigenvalue weighted by Gasteiger charge is -2.06. The van der Waals surface area contributed by atoms with Gasteiger partial charge in [-0.2, -0.15) is 0 Å². The molecule has 0 aromatic rings. The second-order valence-electron chi connectivity index (χ2n) is 1.07. The van der Waals surface area contributed by atoms with E-state index in [0.29, 0.717) is 13.2 Å². The Bertz CT molecular complexity index is 31.4. The lowest BCUT2D eigenvalue weighted by Crippen LogP contribution is -2.08. The van der Waals surface area contributed by atoms with E-state index in [0.717, 1.165) is 6.42 Å². The Morgan fingerprint density at radius 3 is 1.62 bits per heavy atom. The first-order valence-electron chi connectivity index (χ1n) is 2.41. The molecule has 8 heavy (non-hydrogen) atoms. The lowest BCUT2D eigenvalue weighted by atomic mass is 10.5. The zero-order valence-electron chi connectivity index (χ0n) is 4.76. The third-order valence-corrected chi connectivity index (χ3v) is 0.552. The van der Waals surface area contributed by atoms with Crippen molar-refractivity contribution in [3.05, 3.63) is 13.2 Å². The highest BCUT2D eigenvalue weighted by atomic mass is 17.5. The van der Waals surface area contributed by atoms with Gasteiger partial charge in [0.15, 0.2) is 0 Å². The maximum absolute atomic E-state index is 4.35. The summed E-state index contributed by atoms with van der Waals surface area (Å²) in [4.78, 5) is 8.69. The van der Waals surface area contributed by atoms with Crippen molar-refractivity contribution in [3.63, 3.8) is 0 Å². The third-order valence-electron chi connectivity index (χ3n) is 0.552. The molecule has 1 saturated heterocycles. The molecule has 1 aliphatic heterocycles. The minimum Gasteiger partial charge on any atom is -0.206 e. The van der Waals surface area contributed by atoms with Crippen LogP contribution in [-0.2, 0) is 14.8 Å². The quantitative estimate of drug-likeness (QED) is 0.352. The van der Waals surface area contributed by atoms with E-state index < -0.39 is 0 Å². The van der Waals surface area contributed by atoms with Crippen LogP contribution >= 0.6 is 0 Å². The standard InChI is InChI=1S/C3H6O3.C2H4/c1-2-4-6-5-3-1;1-2/h1-3H2;1-2H2. The first-order chi connectivity index (χ1) is 4.00. The van der Waals surface area contributed by atoms with Gasteiger partial charge in [-0.15, -0.1) is 13.2 Å². The van der Waals surface area contributed by atoms with Gasteiger partial charge < -0.3 is 0 Å². The average Bonchev–Trinajstić information content (AvgIpc) is 1.96. The fourth-order valence-corrected chi connectivity index (χ4v) is 0.279. The van der Waals surface area contributed by atoms with Gasteiger partial charge in [-0.3, -0.25) is 0 Å². The van der Waals surface area contributed by atoms with Crippen LogP contribution in [-0.4, -0.2) is 13.2 Å². The molecule has 3 heteroatoms. The van der Waals surface area contributed by atoms with Crippen LogP contribution in [0.2, 0.25) is 0 Å². The molecule has 1 fully saturated rings. The third kappa shape index (κ3) is 3.80. The molecule has 0 spiro atoms. The molecule has 0 N–H and O–H groups in total. The summed E-state index contributed by atoms with van der Waals surface area (Å²) in [6, 6.07) is 0. The predicted octanol–water partition coefficient (Wildman–Crippen LogP) is 1.07. The SMILES string of the molecule is C1COOOC1.C=C. The molecule has 0 unspecified atom stereocenters. The summed E-state index contributed by atoms with van der Waals surface area (Å²) in [7, 11) is 0. The van der Waals surface area contributed by atoms with Crippen molar-refractivity contribution in [2.75, 3.05) is 13.2 Å². The van der Waals surface area contributed by atoms with Gasteiger partial charge in [0.1, 0.15) is 0 Å². The van der Waals surface area contributed by atoms with Gasteiger partial charge in [-0.25, -0.2) is 9.78 Å². The topological polar surface area (TPSA) is 27.7 Å². The average molecular weight is 118 g/mol. The molecule has 0 saturated carbocycles. The van der Waals surface area contributed by atoms with Gasteiger partial charge in [0, 0.05) is 6.42 Å². The van der Waals surface area contributed by atoms with E-state index in [9.17, 15) is 0 Å². The normalized spacial score (nSPS) is 18.5. The lowest BCUT2D eigenvalue weighted by molar-refractivity contribution is -0.532. The van der Waals surface area contributed by atoms with Crippen molar-refractivity contribution in [1.82, 2.24) is 0 Å². The predicted molar refractivity (Wildman–Crippen MR) is 28.9 cm³/mol. The summed E-state index contributed by atoms with van der Waals surface area (Å²) < 4.78 is 0. The summed E-state index contributed by atoms with van der Waals surface area (Å²) >= 11 is 0. The van der Waals surface area contributed by atoms with Crippen LogP contribution < -0.4 is 0 Å². The molecule has 0 amide bonds. The van der Waals surface area contributed by atoms with Crippen molar-refractivity contribution in [3.8, 4) is 0 Å². The van der Waals surface area contributed by atoms with Crippen LogP contribution in [0.4, 0.5) is 0 Å². The molecule has 0 aromatic heterocycles. The van der Waals surface area contributed by atoms with Crippen molar-refractivity contribution in [2.24, 2.45) is 0 Å². The van der Waals surface area contributed by atoms with Crippen LogP contribution in [0.5, 0.6) is 0 Å². The van der Waals surface area contributed by atoms with E-state index in [1.165, 1.54) is 0 Å². The monoisotopic (exact) mass is 118 g/mol. The van der Waals surface area contributed by atoms with E-state index in [2.05, 4.69) is 28.0 Å². The Morgan fingerprint density at radius 1 is 1.00 bits per heavy atom. The Hall–Kier alpha value is -0.380. The molecule has 0 bridgehead atoms. The minimum atomic E-state index is 0.653. The van der Waals surface area contributed by atoms with Gasteiger partial charge >= 0.3 is 0 Å². The molecule has 0 aliphatic carbocycles. The molecular weight excluding hydrogens is 108 g/mol. The zero-order valence-corrected chi connectivity index (χ0v) is 4.76. The molecule has 48 valence electrons. The van der Waals surface area contributed by atoms with Crippen molar-refractivity contribution in [1.29, 1.82) is 0 Å². The van der Waals surface area contributed by atoms with Gasteiger partial charge in [-0.1, -0.05) is 5.04 Å². The molecule has 0 aromatic carbocycles. The van der Waals surface area contributed by atoms with E-state index >= 15 is 0 Å². The van der Waals surface area contributed by atoms with Gasteiger partial charge in [0.05, 0.1) is 13.2 Å². The van der Waals surface area contributed by atoms with Crippen LogP contribution in [0, 0.1) is 0 Å². The summed E-state index contributed by atoms with van der Waals surface area (Å²) in [5.74, 6) is 0. The van der Waals surface area contributed by atoms with E-state index in [1.807, 2.05) is 0 Å². The van der Waals surface area contributed by atoms with Crippen LogP contribution in [0.15, 0.2) is 13.2 Å². The van der Waals surface area contributed by atoms with Crippen molar-refractivity contribution in [2.45, 2.75) is 6.42 Å². The fraction of sp³-hybridized carbons (Fsp3) is 0.600. The number of hydrogen-bond acceptors (Lipinski definition) is 3. The van der Waals surface area contributed by atoms with Crippen molar-refractivity contribution < 1.29 is 14.8 Å². The van der Waals surface area contributed by atoms with Crippen LogP contribution in [0.25, 0.3) is 0 Å².